The van der Waals surface area contributed by atoms with Gasteiger partial charge in [0.25, 0.3) is 11.8 Å². The van der Waals surface area contributed by atoms with Gasteiger partial charge in [-0.2, -0.15) is 4.98 Å². The van der Waals surface area contributed by atoms with Gasteiger partial charge in [0.15, 0.2) is 0 Å². The van der Waals surface area contributed by atoms with E-state index in [4.69, 9.17) is 20.9 Å². The number of nitrogens with zero attached hydrogens (tertiary/aromatic N) is 4. The third-order valence-corrected chi connectivity index (χ3v) is 6.26. The van der Waals surface area contributed by atoms with Crippen LogP contribution in [0.5, 0.6) is 0 Å². The molecule has 5 N–H and O–H groups in total. The van der Waals surface area contributed by atoms with E-state index in [0.29, 0.717) is 49.9 Å². The fourth-order valence-corrected chi connectivity index (χ4v) is 4.60. The van der Waals surface area contributed by atoms with Crippen LogP contribution in [-0.2, 0) is 9.47 Å². The number of carbonyl (C=O) groups excluding carboxylic acids is 3. The lowest BCUT2D eigenvalue weighted by Crippen LogP contribution is -2.52. The quantitative estimate of drug-likeness (QED) is 0.537. The predicted molar refractivity (Wildman–Crippen MR) is 132 cm³/mol. The van der Waals surface area contributed by atoms with Gasteiger partial charge in [0.05, 0.1) is 31.8 Å². The van der Waals surface area contributed by atoms with Gasteiger partial charge in [-0.25, -0.2) is 9.78 Å². The summed E-state index contributed by atoms with van der Waals surface area (Å²) in [5, 5.41) is 3.12. The number of amides is 3. The number of nitrogens with one attached hydrogen (secondary N) is 1. The van der Waals surface area contributed by atoms with Crippen molar-refractivity contribution in [2.75, 3.05) is 36.5 Å². The highest BCUT2D eigenvalue weighted by molar-refractivity contribution is 5.99. The summed E-state index contributed by atoms with van der Waals surface area (Å²) >= 11 is 0. The maximum absolute atomic E-state index is 13.3. The molecule has 0 bridgehead atoms. The van der Waals surface area contributed by atoms with Crippen molar-refractivity contribution in [1.29, 1.82) is 0 Å². The van der Waals surface area contributed by atoms with Gasteiger partial charge >= 0.3 is 6.09 Å². The second kappa shape index (κ2) is 10.8. The van der Waals surface area contributed by atoms with Crippen LogP contribution in [0.25, 0.3) is 0 Å². The number of anilines is 3. The number of benzene rings is 1. The van der Waals surface area contributed by atoms with E-state index in [1.807, 2.05) is 23.6 Å². The molecule has 3 atom stereocenters. The summed E-state index contributed by atoms with van der Waals surface area (Å²) in [5.74, 6) is -0.235. The number of piperidine rings is 1. The lowest BCUT2D eigenvalue weighted by Gasteiger charge is -2.38. The van der Waals surface area contributed by atoms with Crippen molar-refractivity contribution in [2.24, 2.45) is 11.5 Å². The molecule has 1 unspecified atom stereocenters. The van der Waals surface area contributed by atoms with Crippen LogP contribution in [0.15, 0.2) is 30.5 Å². The highest BCUT2D eigenvalue weighted by atomic mass is 16.6. The molecule has 1 aromatic heterocycles. The number of aromatic nitrogens is 2. The first-order chi connectivity index (χ1) is 17.2. The molecular formula is C24H31N7O5. The first-order valence-corrected chi connectivity index (χ1v) is 11.9. The van der Waals surface area contributed by atoms with E-state index in [2.05, 4.69) is 15.3 Å². The van der Waals surface area contributed by atoms with Gasteiger partial charge in [0.1, 0.15) is 17.5 Å². The molecule has 2 aliphatic rings. The molecule has 36 heavy (non-hydrogen) atoms. The van der Waals surface area contributed by atoms with E-state index < -0.39 is 12.0 Å². The third kappa shape index (κ3) is 5.65. The molecule has 0 saturated carbocycles. The van der Waals surface area contributed by atoms with Crippen molar-refractivity contribution < 1.29 is 23.9 Å². The van der Waals surface area contributed by atoms with Crippen LogP contribution in [0.1, 0.15) is 47.4 Å². The van der Waals surface area contributed by atoms with Crippen molar-refractivity contribution in [3.8, 4) is 0 Å². The molecule has 12 heteroatoms. The van der Waals surface area contributed by atoms with E-state index in [9.17, 15) is 14.4 Å². The summed E-state index contributed by atoms with van der Waals surface area (Å²) in [6.45, 7) is 5.91. The van der Waals surface area contributed by atoms with Crippen LogP contribution >= 0.6 is 0 Å². The van der Waals surface area contributed by atoms with Gasteiger partial charge in [-0.3, -0.25) is 9.59 Å². The molecule has 3 heterocycles. The molecular weight excluding hydrogens is 466 g/mol. The summed E-state index contributed by atoms with van der Waals surface area (Å²) in [5.41, 5.74) is 11.9. The Hall–Kier alpha value is -3.93. The highest BCUT2D eigenvalue weighted by Crippen LogP contribution is 2.25. The minimum atomic E-state index is -0.829. The number of carbonyl (C=O) groups is 3. The average molecular weight is 498 g/mol. The van der Waals surface area contributed by atoms with Crippen molar-refractivity contribution >= 4 is 35.4 Å². The Balaban J connectivity index is 1.57. The first-order valence-electron chi connectivity index (χ1n) is 11.9. The molecule has 12 nitrogen and oxygen atoms in total. The predicted octanol–water partition coefficient (Wildman–Crippen LogP) is 1.63. The molecule has 4 rings (SSSR count). The number of rotatable bonds is 6. The summed E-state index contributed by atoms with van der Waals surface area (Å²) in [6.07, 6.45) is 1.59. The molecule has 2 saturated heterocycles. The van der Waals surface area contributed by atoms with Crippen LogP contribution < -0.4 is 21.7 Å². The van der Waals surface area contributed by atoms with Crippen LogP contribution in [0, 0.1) is 0 Å². The Morgan fingerprint density at radius 3 is 2.61 bits per heavy atom. The molecule has 2 aromatic rings. The first kappa shape index (κ1) is 25.2. The minimum absolute atomic E-state index is 0.0457. The summed E-state index contributed by atoms with van der Waals surface area (Å²) < 4.78 is 10.7. The number of primary amides is 2. The fourth-order valence-electron chi connectivity index (χ4n) is 4.60. The Morgan fingerprint density at radius 1 is 1.17 bits per heavy atom. The SMILES string of the molecule is C[C@@H]1COC[C@H](C)N1C(=O)c1cccc(Nc2nc(N3CCCC(OC(N)=O)C3)ncc2C(N)=O)c1. The highest BCUT2D eigenvalue weighted by Gasteiger charge is 2.30. The van der Waals surface area contributed by atoms with E-state index in [0.717, 1.165) is 6.42 Å². The Kier molecular flexibility index (Phi) is 7.53. The number of nitrogens with two attached hydrogens (primary N) is 2. The normalized spacial score (nSPS) is 22.1. The van der Waals surface area contributed by atoms with Crippen LogP contribution in [0.3, 0.4) is 0 Å². The number of hydrogen-bond donors (Lipinski definition) is 3. The average Bonchev–Trinajstić information content (AvgIpc) is 2.83. The second-order valence-corrected chi connectivity index (χ2v) is 9.10. The lowest BCUT2D eigenvalue weighted by atomic mass is 10.1. The van der Waals surface area contributed by atoms with E-state index in [1.165, 1.54) is 6.20 Å². The molecule has 1 aromatic carbocycles. The maximum Gasteiger partial charge on any atom is 0.404 e. The maximum atomic E-state index is 13.3. The lowest BCUT2D eigenvalue weighted by molar-refractivity contribution is -0.0249. The smallest absolute Gasteiger partial charge is 0.404 e. The zero-order valence-corrected chi connectivity index (χ0v) is 20.3. The van der Waals surface area contributed by atoms with E-state index in [-0.39, 0.29) is 35.5 Å². The number of hydrogen-bond acceptors (Lipinski definition) is 9. The Bertz CT molecular complexity index is 1130. The van der Waals surface area contributed by atoms with Gasteiger partial charge in [0.2, 0.25) is 5.95 Å². The molecule has 192 valence electrons. The number of morpholine rings is 1. The topological polar surface area (TPSA) is 166 Å². The minimum Gasteiger partial charge on any atom is -0.445 e. The summed E-state index contributed by atoms with van der Waals surface area (Å²) in [7, 11) is 0. The van der Waals surface area contributed by atoms with Gasteiger partial charge in [0, 0.05) is 24.0 Å². The van der Waals surface area contributed by atoms with Crippen molar-refractivity contribution in [1.82, 2.24) is 14.9 Å². The zero-order chi connectivity index (χ0) is 25.8. The third-order valence-electron chi connectivity index (χ3n) is 6.26. The summed E-state index contributed by atoms with van der Waals surface area (Å²) in [4.78, 5) is 49.0. The van der Waals surface area contributed by atoms with E-state index >= 15 is 0 Å². The van der Waals surface area contributed by atoms with Gasteiger partial charge in [-0.05, 0) is 44.9 Å². The molecule has 0 radical (unpaired) electrons. The molecule has 0 spiro atoms. The van der Waals surface area contributed by atoms with Crippen molar-refractivity contribution in [3.63, 3.8) is 0 Å². The van der Waals surface area contributed by atoms with Gasteiger partial charge < -0.3 is 36.1 Å². The standard InChI is InChI=1S/C24H31N7O5/c1-14-12-35-13-15(2)31(14)22(33)16-5-3-6-17(9-16)28-21-19(20(25)32)10-27-24(29-21)30-8-4-7-18(11-30)36-23(26)34/h3,5-6,9-10,14-15,18H,4,7-8,11-13H2,1-2H3,(H2,25,32)(H2,26,34)(H,27,28,29)/t14-,15+,18?. The van der Waals surface area contributed by atoms with Crippen LogP contribution in [0.2, 0.25) is 0 Å². The zero-order valence-electron chi connectivity index (χ0n) is 20.3. The number of ether oxygens (including phenoxy) is 2. The molecule has 2 aliphatic heterocycles. The van der Waals surface area contributed by atoms with Gasteiger partial charge in [-0.15, -0.1) is 0 Å². The summed E-state index contributed by atoms with van der Waals surface area (Å²) in [6, 6.07) is 6.89. The fraction of sp³-hybridized carbons (Fsp3) is 0.458. The molecule has 3 amide bonds. The van der Waals surface area contributed by atoms with Crippen molar-refractivity contribution in [3.05, 3.63) is 41.6 Å². The monoisotopic (exact) mass is 497 g/mol. The Morgan fingerprint density at radius 2 is 1.92 bits per heavy atom. The second-order valence-electron chi connectivity index (χ2n) is 9.10. The molecule has 0 aliphatic carbocycles. The van der Waals surface area contributed by atoms with Crippen molar-refractivity contribution in [2.45, 2.75) is 44.9 Å². The molecule has 2 fully saturated rings. The Labute approximate surface area is 208 Å². The van der Waals surface area contributed by atoms with Crippen LogP contribution in [0.4, 0.5) is 22.2 Å². The van der Waals surface area contributed by atoms with Gasteiger partial charge in [-0.1, -0.05) is 6.07 Å². The largest absolute Gasteiger partial charge is 0.445 e. The van der Waals surface area contributed by atoms with Crippen LogP contribution in [-0.4, -0.2) is 77.3 Å². The van der Waals surface area contributed by atoms with E-state index in [1.54, 1.807) is 24.3 Å².